The topological polar surface area (TPSA) is 79.6 Å². The van der Waals surface area contributed by atoms with E-state index in [1.54, 1.807) is 19.6 Å². The Kier molecular flexibility index (Phi) is 6.34. The molecule has 0 spiro atoms. The van der Waals surface area contributed by atoms with Gasteiger partial charge in [0.05, 0.1) is 31.6 Å². The van der Waals surface area contributed by atoms with Crippen molar-refractivity contribution in [2.24, 2.45) is 0 Å². The zero-order valence-corrected chi connectivity index (χ0v) is 14.2. The van der Waals surface area contributed by atoms with Crippen molar-refractivity contribution in [3.8, 4) is 5.69 Å². The van der Waals surface area contributed by atoms with Gasteiger partial charge in [-0.25, -0.2) is 9.78 Å². The second-order valence-electron chi connectivity index (χ2n) is 5.72. The third kappa shape index (κ3) is 4.81. The van der Waals surface area contributed by atoms with E-state index in [1.807, 2.05) is 42.0 Å². The molecular weight excluding hydrogens is 308 g/mol. The Hall–Kier alpha value is -2.38. The predicted octanol–water partition coefficient (Wildman–Crippen LogP) is 1.58. The van der Waals surface area contributed by atoms with Crippen LogP contribution in [0.25, 0.3) is 5.69 Å². The number of nitrogens with zero attached hydrogens (tertiary/aromatic N) is 3. The second kappa shape index (κ2) is 8.47. The van der Waals surface area contributed by atoms with Gasteiger partial charge in [0.1, 0.15) is 0 Å². The average Bonchev–Trinajstić information content (AvgIpc) is 3.09. The van der Waals surface area contributed by atoms with Gasteiger partial charge in [-0.2, -0.15) is 0 Å². The Balaban J connectivity index is 1.91. The van der Waals surface area contributed by atoms with E-state index >= 15 is 0 Å². The number of imidazole rings is 1. The highest BCUT2D eigenvalue weighted by Gasteiger charge is 2.16. The number of aliphatic hydroxyl groups excluding tert-OH is 1. The van der Waals surface area contributed by atoms with Crippen LogP contribution in [0.4, 0.5) is 4.79 Å². The summed E-state index contributed by atoms with van der Waals surface area (Å²) >= 11 is 0. The zero-order valence-electron chi connectivity index (χ0n) is 14.2. The number of hydrogen-bond acceptors (Lipinski definition) is 4. The number of nitrogens with one attached hydrogen (secondary N) is 1. The van der Waals surface area contributed by atoms with Crippen LogP contribution < -0.4 is 5.32 Å². The molecule has 2 aromatic rings. The average molecular weight is 332 g/mol. The van der Waals surface area contributed by atoms with E-state index in [1.165, 1.54) is 12.0 Å². The second-order valence-corrected chi connectivity index (χ2v) is 5.72. The fourth-order valence-electron chi connectivity index (χ4n) is 2.37. The van der Waals surface area contributed by atoms with Gasteiger partial charge in [0.25, 0.3) is 0 Å². The molecule has 0 aliphatic carbocycles. The van der Waals surface area contributed by atoms with Gasteiger partial charge in [0, 0.05) is 32.2 Å². The first-order valence-corrected chi connectivity index (χ1v) is 7.78. The standard InChI is InChI=1S/C17H24N4O3/c1-13(19-17(23)20(2)10-16(22)11-24-3)14-4-6-15(7-5-14)21-9-8-18-12-21/h4-9,12-13,16,22H,10-11H2,1-3H3,(H,19,23)/t13-,16+/m1/s1. The number of likely N-dealkylation sites (N-methyl/N-ethyl adjacent to an activating group) is 1. The summed E-state index contributed by atoms with van der Waals surface area (Å²) in [6.45, 7) is 2.33. The van der Waals surface area contributed by atoms with E-state index in [0.717, 1.165) is 11.3 Å². The molecule has 130 valence electrons. The summed E-state index contributed by atoms with van der Waals surface area (Å²) in [4.78, 5) is 17.6. The monoisotopic (exact) mass is 332 g/mol. The third-order valence-electron chi connectivity index (χ3n) is 3.73. The molecule has 1 heterocycles. The summed E-state index contributed by atoms with van der Waals surface area (Å²) in [6, 6.07) is 7.52. The molecule has 0 aliphatic heterocycles. The number of aliphatic hydroxyl groups is 1. The van der Waals surface area contributed by atoms with Crippen molar-refractivity contribution in [3.63, 3.8) is 0 Å². The highest BCUT2D eigenvalue weighted by molar-refractivity contribution is 5.74. The van der Waals surface area contributed by atoms with Gasteiger partial charge in [-0.1, -0.05) is 12.1 Å². The van der Waals surface area contributed by atoms with Crippen molar-refractivity contribution in [3.05, 3.63) is 48.5 Å². The maximum atomic E-state index is 12.2. The van der Waals surface area contributed by atoms with Gasteiger partial charge in [0.15, 0.2) is 0 Å². The van der Waals surface area contributed by atoms with Gasteiger partial charge < -0.3 is 24.6 Å². The maximum Gasteiger partial charge on any atom is 0.317 e. The Morgan fingerprint density at radius 1 is 1.42 bits per heavy atom. The first-order valence-electron chi connectivity index (χ1n) is 7.78. The Bertz CT molecular complexity index is 628. The molecule has 0 aliphatic rings. The van der Waals surface area contributed by atoms with Crippen LogP contribution in [0.2, 0.25) is 0 Å². The molecule has 2 rings (SSSR count). The normalized spacial score (nSPS) is 13.3. The van der Waals surface area contributed by atoms with Crippen LogP contribution in [0.5, 0.6) is 0 Å². The molecule has 0 fully saturated rings. The number of ether oxygens (including phenoxy) is 1. The van der Waals surface area contributed by atoms with E-state index in [0.29, 0.717) is 0 Å². The molecule has 0 saturated heterocycles. The highest BCUT2D eigenvalue weighted by atomic mass is 16.5. The van der Waals surface area contributed by atoms with Crippen LogP contribution in [0.3, 0.4) is 0 Å². The summed E-state index contributed by atoms with van der Waals surface area (Å²) in [5.74, 6) is 0. The summed E-state index contributed by atoms with van der Waals surface area (Å²) < 4.78 is 6.78. The molecule has 7 heteroatoms. The van der Waals surface area contributed by atoms with Gasteiger partial charge in [0.2, 0.25) is 0 Å². The Morgan fingerprint density at radius 2 is 2.12 bits per heavy atom. The molecule has 0 radical (unpaired) electrons. The number of carbonyl (C=O) groups excluding carboxylic acids is 1. The molecule has 0 unspecified atom stereocenters. The zero-order chi connectivity index (χ0) is 17.5. The number of aromatic nitrogens is 2. The first-order chi connectivity index (χ1) is 11.5. The molecule has 24 heavy (non-hydrogen) atoms. The minimum absolute atomic E-state index is 0.142. The lowest BCUT2D eigenvalue weighted by atomic mass is 10.1. The quantitative estimate of drug-likeness (QED) is 0.807. The van der Waals surface area contributed by atoms with E-state index in [9.17, 15) is 9.90 Å². The largest absolute Gasteiger partial charge is 0.389 e. The van der Waals surface area contributed by atoms with Gasteiger partial charge in [-0.15, -0.1) is 0 Å². The molecule has 2 amide bonds. The summed E-state index contributed by atoms with van der Waals surface area (Å²) in [6.07, 6.45) is 4.64. The summed E-state index contributed by atoms with van der Waals surface area (Å²) in [5, 5.41) is 12.6. The molecular formula is C17H24N4O3. The first kappa shape index (κ1) is 18.0. The molecule has 7 nitrogen and oxygen atoms in total. The highest BCUT2D eigenvalue weighted by Crippen LogP contribution is 2.16. The lowest BCUT2D eigenvalue weighted by Crippen LogP contribution is -2.43. The predicted molar refractivity (Wildman–Crippen MR) is 91.0 cm³/mol. The minimum atomic E-state index is -0.699. The van der Waals surface area contributed by atoms with Crippen molar-refractivity contribution in [2.75, 3.05) is 27.3 Å². The van der Waals surface area contributed by atoms with Crippen LogP contribution in [0, 0.1) is 0 Å². The van der Waals surface area contributed by atoms with Gasteiger partial charge >= 0.3 is 6.03 Å². The van der Waals surface area contributed by atoms with Gasteiger partial charge in [-0.3, -0.25) is 0 Å². The van der Waals surface area contributed by atoms with E-state index < -0.39 is 6.10 Å². The van der Waals surface area contributed by atoms with Crippen molar-refractivity contribution in [2.45, 2.75) is 19.1 Å². The Morgan fingerprint density at radius 3 is 2.71 bits per heavy atom. The van der Waals surface area contributed by atoms with Crippen LogP contribution in [0.15, 0.2) is 43.0 Å². The number of hydrogen-bond donors (Lipinski definition) is 2. The minimum Gasteiger partial charge on any atom is -0.389 e. The fraction of sp³-hybridized carbons (Fsp3) is 0.412. The molecule has 0 bridgehead atoms. The van der Waals surface area contributed by atoms with Crippen LogP contribution in [-0.4, -0.2) is 59.0 Å². The number of benzene rings is 1. The maximum absolute atomic E-state index is 12.2. The number of rotatable bonds is 7. The molecule has 1 aromatic carbocycles. The van der Waals surface area contributed by atoms with Gasteiger partial charge in [-0.05, 0) is 24.6 Å². The summed E-state index contributed by atoms with van der Waals surface area (Å²) in [7, 11) is 3.15. The van der Waals surface area contributed by atoms with Crippen molar-refractivity contribution in [1.29, 1.82) is 0 Å². The molecule has 1 aromatic heterocycles. The summed E-state index contributed by atoms with van der Waals surface area (Å²) in [5.41, 5.74) is 2.01. The number of methoxy groups -OCH3 is 1. The van der Waals surface area contributed by atoms with Crippen LogP contribution in [-0.2, 0) is 4.74 Å². The van der Waals surface area contributed by atoms with Crippen LogP contribution in [0.1, 0.15) is 18.5 Å². The van der Waals surface area contributed by atoms with Crippen molar-refractivity contribution in [1.82, 2.24) is 19.8 Å². The molecule has 0 saturated carbocycles. The number of urea groups is 1. The van der Waals surface area contributed by atoms with E-state index in [-0.39, 0.29) is 25.2 Å². The Labute approximate surface area is 141 Å². The lowest BCUT2D eigenvalue weighted by molar-refractivity contribution is 0.0488. The number of carbonyl (C=O) groups is 1. The van der Waals surface area contributed by atoms with Crippen LogP contribution >= 0.6 is 0 Å². The molecule has 2 atom stereocenters. The van der Waals surface area contributed by atoms with E-state index in [4.69, 9.17) is 4.74 Å². The van der Waals surface area contributed by atoms with Crippen molar-refractivity contribution < 1.29 is 14.6 Å². The number of amides is 2. The third-order valence-corrected chi connectivity index (χ3v) is 3.73. The SMILES string of the molecule is COC[C@@H](O)CN(C)C(=O)N[C@H](C)c1ccc(-n2ccnc2)cc1. The lowest BCUT2D eigenvalue weighted by Gasteiger charge is -2.23. The van der Waals surface area contributed by atoms with Crippen molar-refractivity contribution >= 4 is 6.03 Å². The fourth-order valence-corrected chi connectivity index (χ4v) is 2.37. The molecule has 2 N–H and O–H groups in total. The van der Waals surface area contributed by atoms with E-state index in [2.05, 4.69) is 10.3 Å². The smallest absolute Gasteiger partial charge is 0.317 e.